The highest BCUT2D eigenvalue weighted by molar-refractivity contribution is 9.10. The summed E-state index contributed by atoms with van der Waals surface area (Å²) in [7, 11) is 0. The molecule has 0 saturated heterocycles. The normalized spacial score (nSPS) is 12.8. The summed E-state index contributed by atoms with van der Waals surface area (Å²) in [4.78, 5) is 0. The Balaban J connectivity index is 2.46. The van der Waals surface area contributed by atoms with Crippen LogP contribution < -0.4 is 0 Å². The van der Waals surface area contributed by atoms with Crippen molar-refractivity contribution < 1.29 is 13.9 Å². The number of hydrogen-bond donors (Lipinski definition) is 1. The number of benzene rings is 1. The van der Waals surface area contributed by atoms with Crippen LogP contribution in [0.5, 0.6) is 0 Å². The van der Waals surface area contributed by atoms with E-state index in [1.165, 1.54) is 18.4 Å². The van der Waals surface area contributed by atoms with Crippen LogP contribution in [0.15, 0.2) is 39.4 Å². The molecule has 2 aromatic rings. The molecule has 0 amide bonds. The number of hydrogen-bond acceptors (Lipinski definition) is 2. The van der Waals surface area contributed by atoms with Gasteiger partial charge in [-0.2, -0.15) is 0 Å². The third kappa shape index (κ3) is 2.00. The fourth-order valence-corrected chi connectivity index (χ4v) is 1.97. The molecule has 1 aromatic carbocycles. The van der Waals surface area contributed by atoms with Gasteiger partial charge in [0.2, 0.25) is 0 Å². The van der Waals surface area contributed by atoms with E-state index in [1.54, 1.807) is 12.1 Å². The van der Waals surface area contributed by atoms with E-state index in [0.29, 0.717) is 4.47 Å². The molecule has 0 bridgehead atoms. The van der Waals surface area contributed by atoms with Crippen LogP contribution in [0.4, 0.5) is 4.39 Å². The van der Waals surface area contributed by atoms with Gasteiger partial charge in [0, 0.05) is 5.56 Å². The topological polar surface area (TPSA) is 33.4 Å². The van der Waals surface area contributed by atoms with Crippen molar-refractivity contribution in [3.05, 3.63) is 57.2 Å². The molecule has 1 N–H and O–H groups in total. The van der Waals surface area contributed by atoms with Crippen molar-refractivity contribution in [3.8, 4) is 0 Å². The molecule has 0 saturated carbocycles. The van der Waals surface area contributed by atoms with Gasteiger partial charge in [0.25, 0.3) is 0 Å². The molecule has 2 rings (SSSR count). The summed E-state index contributed by atoms with van der Waals surface area (Å²) in [6, 6.07) is 6.08. The molecule has 0 radical (unpaired) electrons. The minimum atomic E-state index is -1.18. The van der Waals surface area contributed by atoms with Crippen LogP contribution in [0.1, 0.15) is 17.4 Å². The van der Waals surface area contributed by atoms with Gasteiger partial charge in [-0.1, -0.05) is 23.7 Å². The molecular formula is C11H7BrClFO2. The van der Waals surface area contributed by atoms with E-state index in [2.05, 4.69) is 15.9 Å². The van der Waals surface area contributed by atoms with E-state index >= 15 is 0 Å². The summed E-state index contributed by atoms with van der Waals surface area (Å²) < 4.78 is 19.3. The molecule has 2 nitrogen and oxygen atoms in total. The van der Waals surface area contributed by atoms with Crippen molar-refractivity contribution in [2.45, 2.75) is 6.10 Å². The summed E-state index contributed by atoms with van der Waals surface area (Å²) in [6.07, 6.45) is 0.230. The first-order chi connectivity index (χ1) is 7.61. The Morgan fingerprint density at radius 3 is 2.75 bits per heavy atom. The molecule has 0 fully saturated rings. The number of furan rings is 1. The van der Waals surface area contributed by atoms with Gasteiger partial charge in [-0.25, -0.2) is 4.39 Å². The van der Waals surface area contributed by atoms with Crippen molar-refractivity contribution in [2.24, 2.45) is 0 Å². The lowest BCUT2D eigenvalue weighted by Crippen LogP contribution is -2.02. The Morgan fingerprint density at radius 2 is 2.12 bits per heavy atom. The third-order valence-electron chi connectivity index (χ3n) is 2.17. The molecule has 16 heavy (non-hydrogen) atoms. The van der Waals surface area contributed by atoms with Gasteiger partial charge < -0.3 is 9.52 Å². The Hall–Kier alpha value is -0.840. The lowest BCUT2D eigenvalue weighted by Gasteiger charge is -2.10. The van der Waals surface area contributed by atoms with Crippen LogP contribution in [-0.2, 0) is 0 Å². The van der Waals surface area contributed by atoms with Crippen LogP contribution in [0.2, 0.25) is 5.02 Å². The Morgan fingerprint density at radius 1 is 1.38 bits per heavy atom. The van der Waals surface area contributed by atoms with E-state index < -0.39 is 11.9 Å². The first kappa shape index (κ1) is 11.6. The van der Waals surface area contributed by atoms with Gasteiger partial charge >= 0.3 is 0 Å². The van der Waals surface area contributed by atoms with E-state index in [-0.39, 0.29) is 16.3 Å². The second-order valence-corrected chi connectivity index (χ2v) is 4.44. The van der Waals surface area contributed by atoms with E-state index in [0.717, 1.165) is 0 Å². The largest absolute Gasteiger partial charge is 0.465 e. The molecule has 5 heteroatoms. The summed E-state index contributed by atoms with van der Waals surface area (Å²) in [5.74, 6) is -0.388. The molecule has 0 aliphatic rings. The molecule has 1 aromatic heterocycles. The van der Waals surface area contributed by atoms with Gasteiger partial charge in [0.1, 0.15) is 11.9 Å². The zero-order valence-corrected chi connectivity index (χ0v) is 10.3. The number of halogens is 3. The van der Waals surface area contributed by atoms with Crippen molar-refractivity contribution in [3.63, 3.8) is 0 Å². The maximum absolute atomic E-state index is 13.6. The van der Waals surface area contributed by atoms with Crippen molar-refractivity contribution in [1.82, 2.24) is 0 Å². The average molecular weight is 306 g/mol. The Labute approximate surface area is 105 Å². The maximum Gasteiger partial charge on any atom is 0.151 e. The summed E-state index contributed by atoms with van der Waals surface area (Å²) >= 11 is 8.83. The quantitative estimate of drug-likeness (QED) is 0.912. The van der Waals surface area contributed by atoms with Crippen molar-refractivity contribution >= 4 is 27.5 Å². The first-order valence-corrected chi connectivity index (χ1v) is 5.63. The Kier molecular flexibility index (Phi) is 3.33. The smallest absolute Gasteiger partial charge is 0.151 e. The van der Waals surface area contributed by atoms with Gasteiger partial charge in [-0.15, -0.1) is 0 Å². The average Bonchev–Trinajstić information content (AvgIpc) is 2.68. The monoisotopic (exact) mass is 304 g/mol. The predicted molar refractivity (Wildman–Crippen MR) is 61.9 cm³/mol. The maximum atomic E-state index is 13.6. The Bertz CT molecular complexity index is 512. The molecule has 0 aliphatic carbocycles. The molecule has 1 heterocycles. The van der Waals surface area contributed by atoms with Crippen molar-refractivity contribution in [1.29, 1.82) is 0 Å². The standard InChI is InChI=1S/C11H7BrClFO2/c12-7-4-5-16-11(7)10(15)6-2-1-3-8(13)9(6)14/h1-5,10,15H. The van der Waals surface area contributed by atoms with Gasteiger partial charge in [-0.3, -0.25) is 0 Å². The highest BCUT2D eigenvalue weighted by Gasteiger charge is 2.21. The zero-order chi connectivity index (χ0) is 11.7. The van der Waals surface area contributed by atoms with Gasteiger partial charge in [-0.05, 0) is 28.1 Å². The fraction of sp³-hybridized carbons (Fsp3) is 0.0909. The van der Waals surface area contributed by atoms with Gasteiger partial charge in [0.05, 0.1) is 15.8 Å². The molecule has 0 spiro atoms. The molecule has 84 valence electrons. The van der Waals surface area contributed by atoms with Gasteiger partial charge in [0.15, 0.2) is 5.76 Å². The minimum absolute atomic E-state index is 0.0285. The summed E-state index contributed by atoms with van der Waals surface area (Å²) in [6.45, 7) is 0. The molecular weight excluding hydrogens is 298 g/mol. The molecule has 1 unspecified atom stereocenters. The lowest BCUT2D eigenvalue weighted by atomic mass is 10.1. The summed E-state index contributed by atoms with van der Waals surface area (Å²) in [5, 5.41) is 9.92. The molecule has 1 atom stereocenters. The number of rotatable bonds is 2. The highest BCUT2D eigenvalue weighted by Crippen LogP contribution is 2.32. The lowest BCUT2D eigenvalue weighted by molar-refractivity contribution is 0.183. The SMILES string of the molecule is OC(c1cccc(Cl)c1F)c1occc1Br. The second kappa shape index (κ2) is 4.57. The van der Waals surface area contributed by atoms with Crippen LogP contribution in [0, 0.1) is 5.82 Å². The summed E-state index contributed by atoms with van der Waals surface area (Å²) in [5.41, 5.74) is 0.0863. The third-order valence-corrected chi connectivity index (χ3v) is 3.12. The van der Waals surface area contributed by atoms with Crippen LogP contribution in [0.25, 0.3) is 0 Å². The first-order valence-electron chi connectivity index (χ1n) is 4.46. The number of aliphatic hydroxyl groups excluding tert-OH is 1. The predicted octanol–water partition coefficient (Wildman–Crippen LogP) is 3.92. The van der Waals surface area contributed by atoms with E-state index in [9.17, 15) is 9.50 Å². The van der Waals surface area contributed by atoms with Crippen molar-refractivity contribution in [2.75, 3.05) is 0 Å². The van der Waals surface area contributed by atoms with E-state index in [1.807, 2.05) is 0 Å². The minimum Gasteiger partial charge on any atom is -0.465 e. The zero-order valence-electron chi connectivity index (χ0n) is 7.95. The highest BCUT2D eigenvalue weighted by atomic mass is 79.9. The molecule has 0 aliphatic heterocycles. The second-order valence-electron chi connectivity index (χ2n) is 3.18. The van der Waals surface area contributed by atoms with Crippen LogP contribution in [-0.4, -0.2) is 5.11 Å². The number of aliphatic hydroxyl groups is 1. The van der Waals surface area contributed by atoms with E-state index in [4.69, 9.17) is 16.0 Å². The van der Waals surface area contributed by atoms with Crippen LogP contribution >= 0.6 is 27.5 Å². The van der Waals surface area contributed by atoms with Crippen LogP contribution in [0.3, 0.4) is 0 Å². The fourth-order valence-electron chi connectivity index (χ4n) is 1.37.